The minimum absolute atomic E-state index is 0.0400. The minimum atomic E-state index is 0.0400. The lowest BCUT2D eigenvalue weighted by Crippen LogP contribution is -2.11. The van der Waals surface area contributed by atoms with E-state index in [2.05, 4.69) is 0 Å². The first-order chi connectivity index (χ1) is 7.35. The molecule has 0 aromatic heterocycles. The Morgan fingerprint density at radius 2 is 2.33 bits per heavy atom. The van der Waals surface area contributed by atoms with Crippen molar-refractivity contribution in [2.45, 2.75) is 6.92 Å². The van der Waals surface area contributed by atoms with Gasteiger partial charge in [-0.3, -0.25) is 0 Å². The molecule has 0 amide bonds. The molecule has 2 rings (SSSR count). The van der Waals surface area contributed by atoms with Crippen molar-refractivity contribution in [2.75, 3.05) is 19.8 Å². The van der Waals surface area contributed by atoms with Crippen molar-refractivity contribution in [3.8, 4) is 11.5 Å². The first-order valence-electron chi connectivity index (χ1n) is 5.04. The number of rotatable bonds is 3. The number of benzene rings is 1. The maximum absolute atomic E-state index is 9.01. The molecule has 0 aliphatic carbocycles. The van der Waals surface area contributed by atoms with Gasteiger partial charge in [0.1, 0.15) is 6.61 Å². The number of para-hydroxylation sites is 1. The van der Waals surface area contributed by atoms with Gasteiger partial charge in [0.05, 0.1) is 13.2 Å². The number of ether oxygens (including phenoxy) is 2. The Morgan fingerprint density at radius 1 is 1.47 bits per heavy atom. The van der Waals surface area contributed by atoms with Crippen LogP contribution in [0.15, 0.2) is 23.8 Å². The van der Waals surface area contributed by atoms with Crippen molar-refractivity contribution in [3.05, 3.63) is 29.3 Å². The zero-order valence-electron chi connectivity index (χ0n) is 8.69. The topological polar surface area (TPSA) is 38.7 Å². The number of hydrogen-bond donors (Lipinski definition) is 1. The third-order valence-electron chi connectivity index (χ3n) is 2.27. The SMILES string of the molecule is CCOc1cccc2c1OCC(CO)=C2. The van der Waals surface area contributed by atoms with Crippen LogP contribution in [0.1, 0.15) is 12.5 Å². The van der Waals surface area contributed by atoms with Crippen LogP contribution < -0.4 is 9.47 Å². The summed E-state index contributed by atoms with van der Waals surface area (Å²) in [6.07, 6.45) is 1.95. The smallest absolute Gasteiger partial charge is 0.168 e. The summed E-state index contributed by atoms with van der Waals surface area (Å²) in [4.78, 5) is 0. The molecule has 1 heterocycles. The minimum Gasteiger partial charge on any atom is -0.490 e. The zero-order valence-corrected chi connectivity index (χ0v) is 8.69. The molecule has 0 saturated heterocycles. The lowest BCUT2D eigenvalue weighted by atomic mass is 10.1. The average molecular weight is 206 g/mol. The second-order valence-corrected chi connectivity index (χ2v) is 3.36. The average Bonchev–Trinajstić information content (AvgIpc) is 2.29. The highest BCUT2D eigenvalue weighted by atomic mass is 16.5. The summed E-state index contributed by atoms with van der Waals surface area (Å²) in [5.41, 5.74) is 1.85. The van der Waals surface area contributed by atoms with Gasteiger partial charge in [-0.25, -0.2) is 0 Å². The van der Waals surface area contributed by atoms with Crippen LogP contribution >= 0.6 is 0 Å². The number of aliphatic hydroxyl groups is 1. The van der Waals surface area contributed by atoms with Gasteiger partial charge in [0, 0.05) is 5.56 Å². The third-order valence-corrected chi connectivity index (χ3v) is 2.27. The van der Waals surface area contributed by atoms with Crippen molar-refractivity contribution in [1.29, 1.82) is 0 Å². The van der Waals surface area contributed by atoms with Gasteiger partial charge in [-0.2, -0.15) is 0 Å². The van der Waals surface area contributed by atoms with Gasteiger partial charge < -0.3 is 14.6 Å². The summed E-state index contributed by atoms with van der Waals surface area (Å²) >= 11 is 0. The van der Waals surface area contributed by atoms with E-state index in [4.69, 9.17) is 14.6 Å². The van der Waals surface area contributed by atoms with Crippen LogP contribution in [0.3, 0.4) is 0 Å². The molecule has 1 N–H and O–H groups in total. The molecule has 0 bridgehead atoms. The Balaban J connectivity index is 2.37. The van der Waals surface area contributed by atoms with Crippen molar-refractivity contribution >= 4 is 6.08 Å². The van der Waals surface area contributed by atoms with E-state index in [1.165, 1.54) is 0 Å². The molecule has 0 saturated carbocycles. The van der Waals surface area contributed by atoms with Crippen LogP contribution in [-0.4, -0.2) is 24.9 Å². The first kappa shape index (κ1) is 10.1. The molecule has 15 heavy (non-hydrogen) atoms. The van der Waals surface area contributed by atoms with Gasteiger partial charge in [-0.1, -0.05) is 12.1 Å². The summed E-state index contributed by atoms with van der Waals surface area (Å²) in [5, 5.41) is 9.01. The molecule has 3 heteroatoms. The molecular formula is C12H14O3. The van der Waals surface area contributed by atoms with Crippen LogP contribution in [0.5, 0.6) is 11.5 Å². The van der Waals surface area contributed by atoms with E-state index in [0.29, 0.717) is 13.2 Å². The largest absolute Gasteiger partial charge is 0.490 e. The molecule has 1 aliphatic rings. The van der Waals surface area contributed by atoms with Gasteiger partial charge in [0.15, 0.2) is 11.5 Å². The predicted molar refractivity (Wildman–Crippen MR) is 58.2 cm³/mol. The Morgan fingerprint density at radius 3 is 3.07 bits per heavy atom. The van der Waals surface area contributed by atoms with E-state index < -0.39 is 0 Å². The molecule has 3 nitrogen and oxygen atoms in total. The molecule has 0 spiro atoms. The van der Waals surface area contributed by atoms with E-state index in [0.717, 1.165) is 22.6 Å². The monoisotopic (exact) mass is 206 g/mol. The third kappa shape index (κ3) is 1.97. The summed E-state index contributed by atoms with van der Waals surface area (Å²) in [7, 11) is 0. The molecule has 1 aromatic rings. The van der Waals surface area contributed by atoms with Crippen LogP contribution in [0, 0.1) is 0 Å². The van der Waals surface area contributed by atoms with Crippen LogP contribution in [0.4, 0.5) is 0 Å². The van der Waals surface area contributed by atoms with Gasteiger partial charge >= 0.3 is 0 Å². The predicted octanol–water partition coefficient (Wildman–Crippen LogP) is 1.85. The van der Waals surface area contributed by atoms with Crippen LogP contribution in [0.25, 0.3) is 6.08 Å². The Kier molecular flexibility index (Phi) is 2.92. The van der Waals surface area contributed by atoms with Crippen molar-refractivity contribution < 1.29 is 14.6 Å². The van der Waals surface area contributed by atoms with Crippen LogP contribution in [0.2, 0.25) is 0 Å². The van der Waals surface area contributed by atoms with Crippen molar-refractivity contribution in [2.24, 2.45) is 0 Å². The Hall–Kier alpha value is -1.48. The molecule has 0 unspecified atom stereocenters. The zero-order chi connectivity index (χ0) is 10.7. The standard InChI is InChI=1S/C12H14O3/c1-2-14-11-5-3-4-10-6-9(7-13)8-15-12(10)11/h3-6,13H,2,7-8H2,1H3. The summed E-state index contributed by atoms with van der Waals surface area (Å²) in [6, 6.07) is 5.76. The number of fused-ring (bicyclic) bond motifs is 1. The summed E-state index contributed by atoms with van der Waals surface area (Å²) < 4.78 is 11.0. The fraction of sp³-hybridized carbons (Fsp3) is 0.333. The van der Waals surface area contributed by atoms with Gasteiger partial charge in [-0.15, -0.1) is 0 Å². The first-order valence-corrected chi connectivity index (χ1v) is 5.04. The maximum Gasteiger partial charge on any atom is 0.168 e. The molecule has 0 atom stereocenters. The van der Waals surface area contributed by atoms with Crippen molar-refractivity contribution in [3.63, 3.8) is 0 Å². The normalized spacial score (nSPS) is 13.9. The molecule has 80 valence electrons. The highest BCUT2D eigenvalue weighted by Gasteiger charge is 2.15. The second-order valence-electron chi connectivity index (χ2n) is 3.36. The number of hydrogen-bond acceptors (Lipinski definition) is 3. The molecule has 0 radical (unpaired) electrons. The summed E-state index contributed by atoms with van der Waals surface area (Å²) in [6.45, 7) is 3.04. The second kappa shape index (κ2) is 4.36. The van der Waals surface area contributed by atoms with E-state index in [9.17, 15) is 0 Å². The van der Waals surface area contributed by atoms with Gasteiger partial charge in [-0.05, 0) is 24.6 Å². The Labute approximate surface area is 88.9 Å². The van der Waals surface area contributed by atoms with Gasteiger partial charge in [0.25, 0.3) is 0 Å². The van der Waals surface area contributed by atoms with Crippen molar-refractivity contribution in [1.82, 2.24) is 0 Å². The highest BCUT2D eigenvalue weighted by Crippen LogP contribution is 2.35. The lowest BCUT2D eigenvalue weighted by molar-refractivity contribution is 0.266. The fourth-order valence-corrected chi connectivity index (χ4v) is 1.59. The van der Waals surface area contributed by atoms with Crippen LogP contribution in [-0.2, 0) is 0 Å². The number of aliphatic hydroxyl groups excluding tert-OH is 1. The van der Waals surface area contributed by atoms with E-state index >= 15 is 0 Å². The molecule has 1 aliphatic heterocycles. The van der Waals surface area contributed by atoms with E-state index in [1.54, 1.807) is 0 Å². The Bertz CT molecular complexity index is 382. The molecular weight excluding hydrogens is 192 g/mol. The summed E-state index contributed by atoms with van der Waals surface area (Å²) in [5.74, 6) is 1.54. The lowest BCUT2D eigenvalue weighted by Gasteiger charge is -2.19. The quantitative estimate of drug-likeness (QED) is 0.820. The maximum atomic E-state index is 9.01. The fourth-order valence-electron chi connectivity index (χ4n) is 1.59. The van der Waals surface area contributed by atoms with E-state index in [-0.39, 0.29) is 6.61 Å². The van der Waals surface area contributed by atoms with E-state index in [1.807, 2.05) is 31.2 Å². The molecule has 0 fully saturated rings. The molecule has 1 aromatic carbocycles. The van der Waals surface area contributed by atoms with Gasteiger partial charge in [0.2, 0.25) is 0 Å². The highest BCUT2D eigenvalue weighted by molar-refractivity contribution is 5.66.